The first-order chi connectivity index (χ1) is 8.41. The first kappa shape index (κ1) is 12.4. The van der Waals surface area contributed by atoms with Gasteiger partial charge in [0.15, 0.2) is 16.1 Å². The first-order valence-corrected chi connectivity index (χ1v) is 6.81. The second-order valence-electron chi connectivity index (χ2n) is 3.71. The molecule has 0 N–H and O–H groups in total. The van der Waals surface area contributed by atoms with Crippen LogP contribution in [0.25, 0.3) is 5.69 Å². The van der Waals surface area contributed by atoms with E-state index in [2.05, 4.69) is 5.10 Å². The number of benzene rings is 1. The summed E-state index contributed by atoms with van der Waals surface area (Å²) >= 11 is 0. The largest absolute Gasteiger partial charge is 0.298 e. The minimum Gasteiger partial charge on any atom is -0.298 e. The topological polar surface area (TPSA) is 69.0 Å². The monoisotopic (exact) mass is 268 g/mol. The highest BCUT2D eigenvalue weighted by Crippen LogP contribution is 2.16. The van der Waals surface area contributed by atoms with Crippen molar-refractivity contribution in [3.8, 4) is 5.69 Å². The summed E-state index contributed by atoms with van der Waals surface area (Å²) < 4.78 is 36.8. The van der Waals surface area contributed by atoms with Crippen LogP contribution in [-0.2, 0) is 9.84 Å². The third-order valence-corrected chi connectivity index (χ3v) is 3.42. The number of hydrogen-bond donors (Lipinski definition) is 0. The Kier molecular flexibility index (Phi) is 3.00. The van der Waals surface area contributed by atoms with E-state index in [1.807, 2.05) is 0 Å². The van der Waals surface area contributed by atoms with Crippen LogP contribution < -0.4 is 0 Å². The standard InChI is InChI=1S/C11H9FN2O3S/c1-18(16,17)10-5-13-14(6-10)11-3-2-9(12)4-8(11)7-15/h2-7H,1H3. The second kappa shape index (κ2) is 4.34. The summed E-state index contributed by atoms with van der Waals surface area (Å²) in [6.07, 6.45) is 3.99. The smallest absolute Gasteiger partial charge is 0.178 e. The zero-order valence-electron chi connectivity index (χ0n) is 9.37. The van der Waals surface area contributed by atoms with Crippen molar-refractivity contribution in [2.75, 3.05) is 6.26 Å². The van der Waals surface area contributed by atoms with E-state index in [4.69, 9.17) is 0 Å². The van der Waals surface area contributed by atoms with E-state index < -0.39 is 15.7 Å². The summed E-state index contributed by atoms with van der Waals surface area (Å²) in [4.78, 5) is 10.9. The number of nitrogens with zero attached hydrogens (tertiary/aromatic N) is 2. The molecule has 0 bridgehead atoms. The maximum absolute atomic E-state index is 13.0. The van der Waals surface area contributed by atoms with Crippen LogP contribution in [0, 0.1) is 5.82 Å². The zero-order chi connectivity index (χ0) is 13.3. The molecule has 0 saturated heterocycles. The third-order valence-electron chi connectivity index (χ3n) is 2.35. The predicted octanol–water partition coefficient (Wildman–Crippen LogP) is 1.23. The lowest BCUT2D eigenvalue weighted by molar-refractivity contribution is 0.112. The Morgan fingerprint density at radius 2 is 2.11 bits per heavy atom. The minimum atomic E-state index is -3.36. The Balaban J connectivity index is 2.56. The minimum absolute atomic E-state index is 0.0312. The van der Waals surface area contributed by atoms with E-state index in [-0.39, 0.29) is 10.5 Å². The maximum Gasteiger partial charge on any atom is 0.178 e. The highest BCUT2D eigenvalue weighted by atomic mass is 32.2. The molecule has 94 valence electrons. The summed E-state index contributed by atoms with van der Waals surface area (Å²) in [5.74, 6) is -0.545. The van der Waals surface area contributed by atoms with E-state index in [1.54, 1.807) is 0 Å². The maximum atomic E-state index is 13.0. The average molecular weight is 268 g/mol. The molecule has 0 fully saturated rings. The van der Waals surface area contributed by atoms with E-state index >= 15 is 0 Å². The van der Waals surface area contributed by atoms with Gasteiger partial charge in [-0.1, -0.05) is 0 Å². The Bertz CT molecular complexity index is 707. The van der Waals surface area contributed by atoms with Crippen LogP contribution in [0.5, 0.6) is 0 Å². The number of hydrogen-bond acceptors (Lipinski definition) is 4. The van der Waals surface area contributed by atoms with E-state index in [9.17, 15) is 17.6 Å². The summed E-state index contributed by atoms with van der Waals surface area (Å²) in [7, 11) is -3.36. The lowest BCUT2D eigenvalue weighted by Gasteiger charge is -2.04. The number of aromatic nitrogens is 2. The SMILES string of the molecule is CS(=O)(=O)c1cnn(-c2ccc(F)cc2C=O)c1. The van der Waals surface area contributed by atoms with Crippen LogP contribution in [-0.4, -0.2) is 30.7 Å². The predicted molar refractivity (Wildman–Crippen MR) is 62.0 cm³/mol. The van der Waals surface area contributed by atoms with Crippen molar-refractivity contribution in [2.24, 2.45) is 0 Å². The molecule has 0 saturated carbocycles. The van der Waals surface area contributed by atoms with Crippen molar-refractivity contribution >= 4 is 16.1 Å². The van der Waals surface area contributed by atoms with Crippen LogP contribution in [0.3, 0.4) is 0 Å². The van der Waals surface area contributed by atoms with Gasteiger partial charge >= 0.3 is 0 Å². The quantitative estimate of drug-likeness (QED) is 0.785. The fourth-order valence-electron chi connectivity index (χ4n) is 1.46. The number of rotatable bonds is 3. The van der Waals surface area contributed by atoms with Crippen molar-refractivity contribution in [3.63, 3.8) is 0 Å². The molecule has 0 atom stereocenters. The van der Waals surface area contributed by atoms with Crippen LogP contribution in [0.4, 0.5) is 4.39 Å². The van der Waals surface area contributed by atoms with Gasteiger partial charge in [-0.05, 0) is 18.2 Å². The van der Waals surface area contributed by atoms with Crippen molar-refractivity contribution < 1.29 is 17.6 Å². The van der Waals surface area contributed by atoms with Crippen LogP contribution >= 0.6 is 0 Å². The average Bonchev–Trinajstić information content (AvgIpc) is 2.77. The van der Waals surface area contributed by atoms with Gasteiger partial charge in [0.05, 0.1) is 11.9 Å². The number of carbonyl (C=O) groups is 1. The molecule has 0 aliphatic rings. The summed E-state index contributed by atoms with van der Waals surface area (Å²) in [5, 5.41) is 3.85. The molecule has 0 aliphatic heterocycles. The second-order valence-corrected chi connectivity index (χ2v) is 5.73. The van der Waals surface area contributed by atoms with Gasteiger partial charge < -0.3 is 0 Å². The van der Waals surface area contributed by atoms with E-state index in [1.165, 1.54) is 29.2 Å². The fraction of sp³-hybridized carbons (Fsp3) is 0.0909. The molecule has 1 aromatic carbocycles. The Hall–Kier alpha value is -2.02. The summed E-state index contributed by atoms with van der Waals surface area (Å²) in [5.41, 5.74) is 0.416. The van der Waals surface area contributed by atoms with Crippen LogP contribution in [0.2, 0.25) is 0 Å². The zero-order valence-corrected chi connectivity index (χ0v) is 10.2. The van der Waals surface area contributed by atoms with Gasteiger partial charge in [-0.2, -0.15) is 5.10 Å². The van der Waals surface area contributed by atoms with Gasteiger partial charge in [0.25, 0.3) is 0 Å². The molecule has 0 unspecified atom stereocenters. The lowest BCUT2D eigenvalue weighted by Crippen LogP contribution is -2.00. The van der Waals surface area contributed by atoms with Gasteiger partial charge in [-0.25, -0.2) is 17.5 Å². The van der Waals surface area contributed by atoms with Gasteiger partial charge in [-0.15, -0.1) is 0 Å². The summed E-state index contributed by atoms with van der Waals surface area (Å²) in [6, 6.07) is 3.59. The van der Waals surface area contributed by atoms with Gasteiger partial charge in [-0.3, -0.25) is 4.79 Å². The molecule has 0 amide bonds. The molecule has 5 nitrogen and oxygen atoms in total. The van der Waals surface area contributed by atoms with Gasteiger partial charge in [0.2, 0.25) is 0 Å². The molecule has 1 aromatic heterocycles. The molecule has 0 aliphatic carbocycles. The van der Waals surface area contributed by atoms with Crippen molar-refractivity contribution in [1.29, 1.82) is 0 Å². The van der Waals surface area contributed by atoms with Gasteiger partial charge in [0, 0.05) is 18.0 Å². The molecule has 1 heterocycles. The number of aldehydes is 1. The van der Waals surface area contributed by atoms with Crippen LogP contribution in [0.15, 0.2) is 35.5 Å². The molecule has 2 aromatic rings. The molecular weight excluding hydrogens is 259 g/mol. The molecule has 18 heavy (non-hydrogen) atoms. The molecule has 0 radical (unpaired) electrons. The molecule has 7 heteroatoms. The normalized spacial score (nSPS) is 11.4. The third kappa shape index (κ3) is 2.30. The van der Waals surface area contributed by atoms with Crippen molar-refractivity contribution in [3.05, 3.63) is 42.0 Å². The Morgan fingerprint density at radius 1 is 1.39 bits per heavy atom. The Morgan fingerprint density at radius 3 is 2.67 bits per heavy atom. The first-order valence-electron chi connectivity index (χ1n) is 4.91. The van der Waals surface area contributed by atoms with Crippen molar-refractivity contribution in [2.45, 2.75) is 4.90 Å². The highest BCUT2D eigenvalue weighted by Gasteiger charge is 2.12. The lowest BCUT2D eigenvalue weighted by atomic mass is 10.2. The molecule has 0 spiro atoms. The highest BCUT2D eigenvalue weighted by molar-refractivity contribution is 7.90. The number of sulfone groups is 1. The molecular formula is C11H9FN2O3S. The number of halogens is 1. The molecule has 2 rings (SSSR count). The fourth-order valence-corrected chi connectivity index (χ4v) is 1.99. The summed E-state index contributed by atoms with van der Waals surface area (Å²) in [6.45, 7) is 0. The van der Waals surface area contributed by atoms with E-state index in [0.29, 0.717) is 12.0 Å². The van der Waals surface area contributed by atoms with Crippen molar-refractivity contribution in [1.82, 2.24) is 9.78 Å². The number of carbonyl (C=O) groups excluding carboxylic acids is 1. The van der Waals surface area contributed by atoms with Crippen LogP contribution in [0.1, 0.15) is 10.4 Å². The van der Waals surface area contributed by atoms with E-state index in [0.717, 1.165) is 12.3 Å². The van der Waals surface area contributed by atoms with Gasteiger partial charge in [0.1, 0.15) is 10.7 Å². The Labute approximate surface area is 103 Å².